The molecule has 2 nitrogen and oxygen atoms in total. The van der Waals surface area contributed by atoms with Crippen molar-refractivity contribution in [2.75, 3.05) is 19.6 Å². The standard InChI is InChI=1S/C15H23F2NO/c1-3-9-18(10-4-2)11-8-14(19)12-6-5-7-13(16)15(12)17/h5-7,14,19H,3-4,8-11H2,1-2H3. The van der Waals surface area contributed by atoms with Gasteiger partial charge in [0, 0.05) is 12.1 Å². The van der Waals surface area contributed by atoms with E-state index in [9.17, 15) is 13.9 Å². The van der Waals surface area contributed by atoms with Crippen molar-refractivity contribution in [1.82, 2.24) is 4.90 Å². The molecule has 4 heteroatoms. The SMILES string of the molecule is CCCN(CCC)CCC(O)c1cccc(F)c1F. The summed E-state index contributed by atoms with van der Waals surface area (Å²) in [4.78, 5) is 2.24. The lowest BCUT2D eigenvalue weighted by Gasteiger charge is -2.22. The highest BCUT2D eigenvalue weighted by molar-refractivity contribution is 5.21. The molecule has 1 N–H and O–H groups in total. The number of halogens is 2. The van der Waals surface area contributed by atoms with Gasteiger partial charge in [0.2, 0.25) is 0 Å². The van der Waals surface area contributed by atoms with Crippen molar-refractivity contribution >= 4 is 0 Å². The molecule has 108 valence electrons. The van der Waals surface area contributed by atoms with Crippen LogP contribution in [-0.4, -0.2) is 29.6 Å². The van der Waals surface area contributed by atoms with Gasteiger partial charge in [0.1, 0.15) is 0 Å². The average Bonchev–Trinajstić information content (AvgIpc) is 2.39. The Kier molecular flexibility index (Phi) is 6.95. The van der Waals surface area contributed by atoms with Crippen LogP contribution in [0.1, 0.15) is 44.8 Å². The topological polar surface area (TPSA) is 23.5 Å². The van der Waals surface area contributed by atoms with Gasteiger partial charge in [-0.25, -0.2) is 8.78 Å². The maximum atomic E-state index is 13.5. The van der Waals surface area contributed by atoms with Gasteiger partial charge in [-0.05, 0) is 38.4 Å². The Bertz CT molecular complexity index is 378. The monoisotopic (exact) mass is 271 g/mol. The van der Waals surface area contributed by atoms with Gasteiger partial charge in [-0.1, -0.05) is 26.0 Å². The number of hydrogen-bond donors (Lipinski definition) is 1. The molecule has 0 amide bonds. The van der Waals surface area contributed by atoms with Crippen molar-refractivity contribution in [2.24, 2.45) is 0 Å². The molecule has 1 aromatic carbocycles. The molecular formula is C15H23F2NO. The lowest BCUT2D eigenvalue weighted by Crippen LogP contribution is -2.27. The second kappa shape index (κ2) is 8.23. The third-order valence-electron chi connectivity index (χ3n) is 3.14. The zero-order valence-electron chi connectivity index (χ0n) is 11.7. The van der Waals surface area contributed by atoms with E-state index >= 15 is 0 Å². The zero-order valence-corrected chi connectivity index (χ0v) is 11.7. The van der Waals surface area contributed by atoms with E-state index in [1.54, 1.807) is 0 Å². The summed E-state index contributed by atoms with van der Waals surface area (Å²) in [7, 11) is 0. The van der Waals surface area contributed by atoms with Gasteiger partial charge >= 0.3 is 0 Å². The average molecular weight is 271 g/mol. The largest absolute Gasteiger partial charge is 0.388 e. The van der Waals surface area contributed by atoms with E-state index in [1.165, 1.54) is 12.1 Å². The van der Waals surface area contributed by atoms with Crippen LogP contribution in [0.25, 0.3) is 0 Å². The summed E-state index contributed by atoms with van der Waals surface area (Å²) in [6.07, 6.45) is 1.56. The second-order valence-corrected chi connectivity index (χ2v) is 4.79. The molecule has 1 rings (SSSR count). The minimum Gasteiger partial charge on any atom is -0.388 e. The third-order valence-corrected chi connectivity index (χ3v) is 3.14. The summed E-state index contributed by atoms with van der Waals surface area (Å²) in [5.74, 6) is -1.84. The van der Waals surface area contributed by atoms with Crippen molar-refractivity contribution in [2.45, 2.75) is 39.2 Å². The lowest BCUT2D eigenvalue weighted by molar-refractivity contribution is 0.137. The fourth-order valence-corrected chi connectivity index (χ4v) is 2.21. The number of nitrogens with zero attached hydrogens (tertiary/aromatic N) is 1. The second-order valence-electron chi connectivity index (χ2n) is 4.79. The first-order valence-corrected chi connectivity index (χ1v) is 6.94. The van der Waals surface area contributed by atoms with Gasteiger partial charge in [0.15, 0.2) is 11.6 Å². The molecule has 0 aliphatic rings. The molecule has 1 unspecified atom stereocenters. The summed E-state index contributed by atoms with van der Waals surface area (Å²) in [5.41, 5.74) is 0.0490. The third kappa shape index (κ3) is 4.88. The molecular weight excluding hydrogens is 248 g/mol. The minimum absolute atomic E-state index is 0.0490. The van der Waals surface area contributed by atoms with Crippen molar-refractivity contribution in [3.05, 3.63) is 35.4 Å². The Labute approximate surface area is 114 Å². The molecule has 0 heterocycles. The number of aliphatic hydroxyl groups is 1. The summed E-state index contributed by atoms with van der Waals surface area (Å²) in [6, 6.07) is 3.92. The lowest BCUT2D eigenvalue weighted by atomic mass is 10.1. The fourth-order valence-electron chi connectivity index (χ4n) is 2.21. The van der Waals surface area contributed by atoms with E-state index in [0.717, 1.165) is 32.0 Å². The summed E-state index contributed by atoms with van der Waals surface area (Å²) in [5, 5.41) is 9.98. The maximum Gasteiger partial charge on any atom is 0.164 e. The molecule has 0 aliphatic heterocycles. The zero-order chi connectivity index (χ0) is 14.3. The van der Waals surface area contributed by atoms with Crippen molar-refractivity contribution in [3.63, 3.8) is 0 Å². The Morgan fingerprint density at radius 1 is 1.11 bits per heavy atom. The smallest absolute Gasteiger partial charge is 0.164 e. The first-order valence-electron chi connectivity index (χ1n) is 6.94. The number of benzene rings is 1. The molecule has 1 atom stereocenters. The van der Waals surface area contributed by atoms with Crippen LogP contribution in [0, 0.1) is 11.6 Å². The molecule has 0 radical (unpaired) electrons. The van der Waals surface area contributed by atoms with Crippen LogP contribution in [0.3, 0.4) is 0 Å². The summed E-state index contributed by atoms with van der Waals surface area (Å²) < 4.78 is 26.6. The number of aliphatic hydroxyl groups excluding tert-OH is 1. The highest BCUT2D eigenvalue weighted by Gasteiger charge is 2.16. The van der Waals surface area contributed by atoms with Gasteiger partial charge in [-0.15, -0.1) is 0 Å². The highest BCUT2D eigenvalue weighted by Crippen LogP contribution is 2.22. The highest BCUT2D eigenvalue weighted by atomic mass is 19.2. The summed E-state index contributed by atoms with van der Waals surface area (Å²) in [6.45, 7) is 6.83. The number of hydrogen-bond acceptors (Lipinski definition) is 2. The molecule has 0 fully saturated rings. The molecule has 0 aliphatic carbocycles. The molecule has 19 heavy (non-hydrogen) atoms. The maximum absolute atomic E-state index is 13.5. The van der Waals surface area contributed by atoms with Crippen molar-refractivity contribution in [3.8, 4) is 0 Å². The Morgan fingerprint density at radius 2 is 1.74 bits per heavy atom. The fraction of sp³-hybridized carbons (Fsp3) is 0.600. The molecule has 1 aromatic rings. The van der Waals surface area contributed by atoms with Crippen LogP contribution < -0.4 is 0 Å². The Hall–Kier alpha value is -1.00. The predicted octanol–water partition coefficient (Wildman–Crippen LogP) is 3.51. The van der Waals surface area contributed by atoms with E-state index in [1.807, 2.05) is 0 Å². The first-order chi connectivity index (χ1) is 9.10. The first kappa shape index (κ1) is 16.1. The van der Waals surface area contributed by atoms with Crippen LogP contribution in [0.4, 0.5) is 8.78 Å². The number of rotatable bonds is 8. The molecule has 0 spiro atoms. The van der Waals surface area contributed by atoms with Crippen molar-refractivity contribution in [1.29, 1.82) is 0 Å². The molecule has 0 aromatic heterocycles. The van der Waals surface area contributed by atoms with E-state index in [4.69, 9.17) is 0 Å². The normalized spacial score (nSPS) is 12.9. The quantitative estimate of drug-likeness (QED) is 0.782. The van der Waals surface area contributed by atoms with E-state index in [2.05, 4.69) is 18.7 Å². The Morgan fingerprint density at radius 3 is 2.32 bits per heavy atom. The predicted molar refractivity (Wildman–Crippen MR) is 73.0 cm³/mol. The van der Waals surface area contributed by atoms with Crippen LogP contribution in [0.2, 0.25) is 0 Å². The van der Waals surface area contributed by atoms with Gasteiger partial charge in [0.05, 0.1) is 6.10 Å². The molecule has 0 saturated carbocycles. The van der Waals surface area contributed by atoms with E-state index in [-0.39, 0.29) is 5.56 Å². The Balaban J connectivity index is 2.58. The van der Waals surface area contributed by atoms with E-state index in [0.29, 0.717) is 13.0 Å². The van der Waals surface area contributed by atoms with Gasteiger partial charge in [0.25, 0.3) is 0 Å². The van der Waals surface area contributed by atoms with Crippen LogP contribution in [-0.2, 0) is 0 Å². The summed E-state index contributed by atoms with van der Waals surface area (Å²) >= 11 is 0. The van der Waals surface area contributed by atoms with Gasteiger partial charge in [-0.2, -0.15) is 0 Å². The van der Waals surface area contributed by atoms with Gasteiger partial charge < -0.3 is 10.0 Å². The van der Waals surface area contributed by atoms with Crippen molar-refractivity contribution < 1.29 is 13.9 Å². The molecule has 0 saturated heterocycles. The minimum atomic E-state index is -0.952. The van der Waals surface area contributed by atoms with Crippen LogP contribution in [0.5, 0.6) is 0 Å². The van der Waals surface area contributed by atoms with E-state index < -0.39 is 17.7 Å². The molecule has 0 bridgehead atoms. The van der Waals surface area contributed by atoms with Crippen LogP contribution in [0.15, 0.2) is 18.2 Å². The van der Waals surface area contributed by atoms with Crippen LogP contribution >= 0.6 is 0 Å². The van der Waals surface area contributed by atoms with Gasteiger partial charge in [-0.3, -0.25) is 0 Å².